The van der Waals surface area contributed by atoms with Gasteiger partial charge in [0.2, 0.25) is 11.8 Å². The van der Waals surface area contributed by atoms with E-state index in [1.165, 1.54) is 11.1 Å². The van der Waals surface area contributed by atoms with Crippen molar-refractivity contribution in [1.82, 2.24) is 9.80 Å². The van der Waals surface area contributed by atoms with Crippen LogP contribution in [0.25, 0.3) is 0 Å². The van der Waals surface area contributed by atoms with Gasteiger partial charge in [0.15, 0.2) is 11.5 Å². The second-order valence-electron chi connectivity index (χ2n) is 7.58. The normalized spacial score (nSPS) is 13.0. The monoisotopic (exact) mass is 425 g/mol. The average molecular weight is 426 g/mol. The second-order valence-corrected chi connectivity index (χ2v) is 7.58. The lowest BCUT2D eigenvalue weighted by molar-refractivity contribution is -0.133. The fourth-order valence-corrected chi connectivity index (χ4v) is 3.67. The Hall–Kier alpha value is -3.06. The Bertz CT molecular complexity index is 915. The fraction of sp³-hybridized carbons (Fsp3) is 0.417. The number of carbonyl (C=O) groups is 2. The molecule has 0 unspecified atom stereocenters. The molecule has 31 heavy (non-hydrogen) atoms. The summed E-state index contributed by atoms with van der Waals surface area (Å²) in [6.45, 7) is 6.50. The largest absolute Gasteiger partial charge is 0.490 e. The molecule has 0 saturated heterocycles. The summed E-state index contributed by atoms with van der Waals surface area (Å²) < 4.78 is 11.2. The van der Waals surface area contributed by atoms with Gasteiger partial charge in [-0.05, 0) is 50.6 Å². The number of rotatable bonds is 9. The molecule has 0 aliphatic carbocycles. The minimum atomic E-state index is -0.189. The first-order chi connectivity index (χ1) is 15.0. The maximum Gasteiger partial charge on any atom is 0.238 e. The number of likely N-dealkylation sites (N-methyl/N-ethyl adjacent to an activating group) is 1. The molecule has 166 valence electrons. The van der Waals surface area contributed by atoms with Crippen LogP contribution in [0.15, 0.2) is 42.5 Å². The van der Waals surface area contributed by atoms with Gasteiger partial charge in [0.25, 0.3) is 0 Å². The number of fused-ring (bicyclic) bond motifs is 1. The molecule has 3 rings (SSSR count). The number of ether oxygens (including phenoxy) is 2. The van der Waals surface area contributed by atoms with Crippen LogP contribution in [0.4, 0.5) is 5.69 Å². The molecule has 7 heteroatoms. The predicted molar refractivity (Wildman–Crippen MR) is 120 cm³/mol. The summed E-state index contributed by atoms with van der Waals surface area (Å²) >= 11 is 0. The van der Waals surface area contributed by atoms with Gasteiger partial charge in [-0.15, -0.1) is 0 Å². The van der Waals surface area contributed by atoms with Gasteiger partial charge < -0.3 is 19.7 Å². The summed E-state index contributed by atoms with van der Waals surface area (Å²) in [5.41, 5.74) is 3.13. The lowest BCUT2D eigenvalue weighted by Crippen LogP contribution is -2.43. The minimum Gasteiger partial charge on any atom is -0.490 e. The highest BCUT2D eigenvalue weighted by Gasteiger charge is 2.22. The highest BCUT2D eigenvalue weighted by atomic mass is 16.5. The zero-order valence-electron chi connectivity index (χ0n) is 18.5. The molecule has 0 radical (unpaired) electrons. The predicted octanol–water partition coefficient (Wildman–Crippen LogP) is 2.94. The van der Waals surface area contributed by atoms with E-state index in [-0.39, 0.29) is 24.9 Å². The van der Waals surface area contributed by atoms with Crippen LogP contribution in [0, 0.1) is 0 Å². The van der Waals surface area contributed by atoms with Gasteiger partial charge >= 0.3 is 0 Å². The maximum atomic E-state index is 12.7. The van der Waals surface area contributed by atoms with Gasteiger partial charge in [-0.25, -0.2) is 0 Å². The van der Waals surface area contributed by atoms with Crippen molar-refractivity contribution in [2.75, 3.05) is 45.2 Å². The smallest absolute Gasteiger partial charge is 0.238 e. The molecule has 2 aromatic rings. The van der Waals surface area contributed by atoms with E-state index in [9.17, 15) is 9.59 Å². The Morgan fingerprint density at radius 3 is 2.45 bits per heavy atom. The summed E-state index contributed by atoms with van der Waals surface area (Å²) in [6, 6.07) is 13.5. The van der Waals surface area contributed by atoms with Crippen LogP contribution < -0.4 is 14.8 Å². The van der Waals surface area contributed by atoms with Crippen molar-refractivity contribution in [1.29, 1.82) is 0 Å². The Labute approximate surface area is 183 Å². The van der Waals surface area contributed by atoms with Crippen molar-refractivity contribution in [3.63, 3.8) is 0 Å². The van der Waals surface area contributed by atoms with Crippen molar-refractivity contribution >= 4 is 17.5 Å². The number of hydrogen-bond donors (Lipinski definition) is 1. The number of benzene rings is 2. The zero-order valence-corrected chi connectivity index (χ0v) is 18.5. The molecule has 0 spiro atoms. The first-order valence-electron chi connectivity index (χ1n) is 10.7. The molecule has 1 aliphatic heterocycles. The average Bonchev–Trinajstić information content (AvgIpc) is 2.75. The molecule has 2 aromatic carbocycles. The third-order valence-electron chi connectivity index (χ3n) is 5.13. The van der Waals surface area contributed by atoms with Gasteiger partial charge in [-0.2, -0.15) is 0 Å². The Morgan fingerprint density at radius 2 is 1.71 bits per heavy atom. The van der Waals surface area contributed by atoms with E-state index >= 15 is 0 Å². The van der Waals surface area contributed by atoms with Crippen LogP contribution in [-0.4, -0.2) is 61.5 Å². The molecule has 1 heterocycles. The summed E-state index contributed by atoms with van der Waals surface area (Å²) in [7, 11) is 1.78. The van der Waals surface area contributed by atoms with Gasteiger partial charge in [0.05, 0.1) is 26.3 Å². The zero-order chi connectivity index (χ0) is 22.2. The molecule has 2 amide bonds. The summed E-state index contributed by atoms with van der Waals surface area (Å²) in [5, 5.41) is 2.87. The number of nitrogens with one attached hydrogen (secondary N) is 1. The van der Waals surface area contributed by atoms with E-state index in [1.54, 1.807) is 30.1 Å². The molecular weight excluding hydrogens is 394 g/mol. The van der Waals surface area contributed by atoms with E-state index in [2.05, 4.69) is 17.4 Å². The first-order valence-corrected chi connectivity index (χ1v) is 10.7. The van der Waals surface area contributed by atoms with Crippen molar-refractivity contribution in [3.05, 3.63) is 53.6 Å². The van der Waals surface area contributed by atoms with Crippen LogP contribution in [0.3, 0.4) is 0 Å². The van der Waals surface area contributed by atoms with E-state index < -0.39 is 0 Å². The summed E-state index contributed by atoms with van der Waals surface area (Å²) in [6.07, 6.45) is 0.867. The highest BCUT2D eigenvalue weighted by molar-refractivity contribution is 5.93. The molecule has 7 nitrogen and oxygen atoms in total. The van der Waals surface area contributed by atoms with E-state index in [0.29, 0.717) is 43.5 Å². The van der Waals surface area contributed by atoms with E-state index in [0.717, 1.165) is 6.42 Å². The third kappa shape index (κ3) is 6.21. The van der Waals surface area contributed by atoms with Crippen molar-refractivity contribution in [3.8, 4) is 11.5 Å². The second kappa shape index (κ2) is 10.8. The minimum absolute atomic E-state index is 0.0319. The number of amides is 2. The number of hydrogen-bond acceptors (Lipinski definition) is 5. The van der Waals surface area contributed by atoms with Gasteiger partial charge in [0, 0.05) is 24.8 Å². The molecule has 1 N–H and O–H groups in total. The Balaban J connectivity index is 1.51. The van der Waals surface area contributed by atoms with E-state index in [1.807, 2.05) is 30.9 Å². The molecule has 0 fully saturated rings. The standard InChI is InChI=1S/C24H31N3O4/c1-4-30-21-11-10-20(14-22(21)31-5-2)25-23(28)16-26(3)17-24(29)27-13-12-18-8-6-7-9-19(18)15-27/h6-11,14H,4-5,12-13,15-17H2,1-3H3,(H,25,28). The van der Waals surface area contributed by atoms with Crippen molar-refractivity contribution in [2.24, 2.45) is 0 Å². The molecule has 0 saturated carbocycles. The molecule has 0 atom stereocenters. The maximum absolute atomic E-state index is 12.7. The molecule has 0 bridgehead atoms. The van der Waals surface area contributed by atoms with Crippen LogP contribution in [0.5, 0.6) is 11.5 Å². The number of anilines is 1. The quantitative estimate of drug-likeness (QED) is 0.669. The van der Waals surface area contributed by atoms with Crippen molar-refractivity contribution in [2.45, 2.75) is 26.8 Å². The Kier molecular flexibility index (Phi) is 7.89. The van der Waals surface area contributed by atoms with Gasteiger partial charge in [-0.1, -0.05) is 24.3 Å². The van der Waals surface area contributed by atoms with Crippen LogP contribution in [0.2, 0.25) is 0 Å². The first kappa shape index (κ1) is 22.6. The lowest BCUT2D eigenvalue weighted by Gasteiger charge is -2.30. The van der Waals surface area contributed by atoms with Gasteiger partial charge in [0.1, 0.15) is 0 Å². The number of nitrogens with zero attached hydrogens (tertiary/aromatic N) is 2. The number of carbonyl (C=O) groups excluding carboxylic acids is 2. The molecular formula is C24H31N3O4. The van der Waals surface area contributed by atoms with Crippen LogP contribution in [0.1, 0.15) is 25.0 Å². The topological polar surface area (TPSA) is 71.1 Å². The lowest BCUT2D eigenvalue weighted by atomic mass is 10.00. The SMILES string of the molecule is CCOc1ccc(NC(=O)CN(C)CC(=O)N2CCc3ccccc3C2)cc1OCC. The molecule has 1 aliphatic rings. The third-order valence-corrected chi connectivity index (χ3v) is 5.13. The summed E-state index contributed by atoms with van der Waals surface area (Å²) in [5.74, 6) is 1.08. The summed E-state index contributed by atoms with van der Waals surface area (Å²) in [4.78, 5) is 28.8. The van der Waals surface area contributed by atoms with Crippen LogP contribution >= 0.6 is 0 Å². The Morgan fingerprint density at radius 1 is 1.00 bits per heavy atom. The van der Waals surface area contributed by atoms with Crippen molar-refractivity contribution < 1.29 is 19.1 Å². The fourth-order valence-electron chi connectivity index (χ4n) is 3.67. The highest BCUT2D eigenvalue weighted by Crippen LogP contribution is 2.30. The van der Waals surface area contributed by atoms with E-state index in [4.69, 9.17) is 9.47 Å². The molecule has 0 aromatic heterocycles. The van der Waals surface area contributed by atoms with Crippen LogP contribution in [-0.2, 0) is 22.6 Å². The van der Waals surface area contributed by atoms with Gasteiger partial charge in [-0.3, -0.25) is 14.5 Å².